The molecular formula is C26H26N6O5. The fourth-order valence-corrected chi connectivity index (χ4v) is 3.69. The maximum atomic E-state index is 13.1. The van der Waals surface area contributed by atoms with Gasteiger partial charge >= 0.3 is 12.1 Å². The first-order chi connectivity index (χ1) is 18.0. The van der Waals surface area contributed by atoms with E-state index in [1.54, 1.807) is 72.8 Å². The molecule has 0 aliphatic carbocycles. The zero-order chi connectivity index (χ0) is 26.5. The molecule has 4 amide bonds. The molecule has 0 aliphatic heterocycles. The normalized spacial score (nSPS) is 10.3. The van der Waals surface area contributed by atoms with Crippen LogP contribution in [-0.2, 0) is 39.3 Å². The van der Waals surface area contributed by atoms with Crippen molar-refractivity contribution >= 4 is 12.1 Å². The molecule has 0 fully saturated rings. The van der Waals surface area contributed by atoms with Crippen LogP contribution in [0.5, 0.6) is 0 Å². The molecule has 0 saturated carbocycles. The molecule has 0 aliphatic rings. The number of rotatable bonds is 12. The lowest BCUT2D eigenvalue weighted by molar-refractivity contribution is 0.183. The minimum atomic E-state index is -0.630. The molecule has 0 atom stereocenters. The monoisotopic (exact) mass is 502 g/mol. The zero-order valence-electron chi connectivity index (χ0n) is 20.0. The SMILES string of the molecule is O=NCc1cccc(CNC(=O)N(Cc2cccc(CN=O)c2)C(=O)NCc2cccc(CN=O)c2)c1. The van der Waals surface area contributed by atoms with Gasteiger partial charge in [0.05, 0.1) is 6.54 Å². The van der Waals surface area contributed by atoms with Crippen LogP contribution in [0.1, 0.15) is 33.4 Å². The molecule has 11 heteroatoms. The van der Waals surface area contributed by atoms with Crippen molar-refractivity contribution in [1.82, 2.24) is 15.5 Å². The molecule has 190 valence electrons. The standard InChI is InChI=1S/C26H26N6O5/c33-25(27-13-19-4-1-6-21(10-19)15-29-35)32(18-24-9-3-8-23(12-24)17-31-37)26(34)28-14-20-5-2-7-22(11-20)16-30-36/h1-12H,13-18H2,(H,27,33)(H,28,34). The van der Waals surface area contributed by atoms with Gasteiger partial charge in [0.25, 0.3) is 0 Å². The molecule has 0 unspecified atom stereocenters. The Morgan fingerprint density at radius 1 is 0.568 bits per heavy atom. The lowest BCUT2D eigenvalue weighted by Crippen LogP contribution is -2.47. The number of benzene rings is 3. The summed E-state index contributed by atoms with van der Waals surface area (Å²) in [6.45, 7) is 0.230. The number of carbonyl (C=O) groups excluding carboxylic acids is 2. The van der Waals surface area contributed by atoms with Crippen molar-refractivity contribution in [2.24, 2.45) is 15.5 Å². The first-order valence-corrected chi connectivity index (χ1v) is 11.5. The third kappa shape index (κ3) is 8.42. The van der Waals surface area contributed by atoms with Gasteiger partial charge in [-0.3, -0.25) is 0 Å². The first kappa shape index (κ1) is 26.8. The van der Waals surface area contributed by atoms with Crippen LogP contribution < -0.4 is 10.6 Å². The summed E-state index contributed by atoms with van der Waals surface area (Å²) in [5.74, 6) is 0. The van der Waals surface area contributed by atoms with Crippen LogP contribution in [0.3, 0.4) is 0 Å². The molecule has 2 N–H and O–H groups in total. The fraction of sp³-hybridized carbons (Fsp3) is 0.231. The van der Waals surface area contributed by atoms with Gasteiger partial charge in [0, 0.05) is 13.1 Å². The topological polar surface area (TPSA) is 150 Å². The Balaban J connectivity index is 1.74. The average Bonchev–Trinajstić information content (AvgIpc) is 2.90. The van der Waals surface area contributed by atoms with E-state index in [0.29, 0.717) is 22.3 Å². The van der Waals surface area contributed by atoms with Crippen molar-refractivity contribution < 1.29 is 9.59 Å². The Kier molecular flexibility index (Phi) is 10.1. The summed E-state index contributed by atoms with van der Waals surface area (Å²) in [4.78, 5) is 59.0. The summed E-state index contributed by atoms with van der Waals surface area (Å²) in [7, 11) is 0. The van der Waals surface area contributed by atoms with Gasteiger partial charge < -0.3 is 10.6 Å². The summed E-state index contributed by atoms with van der Waals surface area (Å²) >= 11 is 0. The number of hydrogen-bond donors (Lipinski definition) is 2. The van der Waals surface area contributed by atoms with E-state index in [0.717, 1.165) is 16.0 Å². The molecule has 0 aromatic heterocycles. The van der Waals surface area contributed by atoms with Crippen LogP contribution in [0, 0.1) is 14.7 Å². The molecule has 0 bridgehead atoms. The molecular weight excluding hydrogens is 476 g/mol. The number of imide groups is 1. The van der Waals surface area contributed by atoms with Crippen LogP contribution in [0.25, 0.3) is 0 Å². The van der Waals surface area contributed by atoms with Crippen molar-refractivity contribution in [3.8, 4) is 0 Å². The highest BCUT2D eigenvalue weighted by Crippen LogP contribution is 2.12. The smallest absolute Gasteiger partial charge is 0.326 e. The number of carbonyl (C=O) groups is 2. The summed E-state index contributed by atoms with van der Waals surface area (Å²) in [6.07, 6.45) is 0. The van der Waals surface area contributed by atoms with Crippen LogP contribution in [0.4, 0.5) is 9.59 Å². The maximum Gasteiger partial charge on any atom is 0.326 e. The predicted octanol–water partition coefficient (Wildman–Crippen LogP) is 5.11. The Hall–Kier alpha value is -4.80. The second kappa shape index (κ2) is 13.9. The Morgan fingerprint density at radius 3 is 1.32 bits per heavy atom. The van der Waals surface area contributed by atoms with Crippen LogP contribution >= 0.6 is 0 Å². The molecule has 3 rings (SSSR count). The quantitative estimate of drug-likeness (QED) is 0.330. The summed E-state index contributed by atoms with van der Waals surface area (Å²) in [5, 5.41) is 14.1. The van der Waals surface area contributed by atoms with Crippen molar-refractivity contribution in [3.63, 3.8) is 0 Å². The molecule has 0 heterocycles. The van der Waals surface area contributed by atoms with Gasteiger partial charge in [-0.2, -0.15) is 14.7 Å². The number of nitroso groups, excluding NO2 is 3. The molecule has 37 heavy (non-hydrogen) atoms. The molecule has 0 radical (unpaired) electrons. The van der Waals surface area contributed by atoms with Crippen molar-refractivity contribution in [2.45, 2.75) is 39.3 Å². The Bertz CT molecular complexity index is 1200. The van der Waals surface area contributed by atoms with Gasteiger partial charge in [-0.05, 0) is 33.4 Å². The third-order valence-electron chi connectivity index (χ3n) is 5.43. The van der Waals surface area contributed by atoms with Crippen molar-refractivity contribution in [3.05, 3.63) is 121 Å². The number of urea groups is 2. The van der Waals surface area contributed by atoms with E-state index in [1.165, 1.54) is 0 Å². The van der Waals surface area contributed by atoms with Crippen LogP contribution in [0.15, 0.2) is 88.3 Å². The molecule has 3 aromatic carbocycles. The maximum absolute atomic E-state index is 13.1. The van der Waals surface area contributed by atoms with E-state index < -0.39 is 12.1 Å². The van der Waals surface area contributed by atoms with Gasteiger partial charge in [-0.1, -0.05) is 88.3 Å². The first-order valence-electron chi connectivity index (χ1n) is 11.5. The van der Waals surface area contributed by atoms with E-state index in [2.05, 4.69) is 26.2 Å². The molecule has 3 aromatic rings. The molecule has 0 saturated heterocycles. The van der Waals surface area contributed by atoms with E-state index in [4.69, 9.17) is 0 Å². The molecule has 0 spiro atoms. The number of nitrogens with one attached hydrogen (secondary N) is 2. The number of hydrogen-bond acceptors (Lipinski definition) is 8. The second-order valence-corrected chi connectivity index (χ2v) is 8.23. The van der Waals surface area contributed by atoms with Gasteiger partial charge in [0.15, 0.2) is 0 Å². The van der Waals surface area contributed by atoms with E-state index in [1.807, 2.05) is 0 Å². The van der Waals surface area contributed by atoms with Crippen molar-refractivity contribution in [1.29, 1.82) is 0 Å². The minimum Gasteiger partial charge on any atom is -0.333 e. The highest BCUT2D eigenvalue weighted by Gasteiger charge is 2.22. The fourth-order valence-electron chi connectivity index (χ4n) is 3.69. The van der Waals surface area contributed by atoms with E-state index in [9.17, 15) is 24.3 Å². The minimum absolute atomic E-state index is 0.0203. The Morgan fingerprint density at radius 2 is 0.919 bits per heavy atom. The van der Waals surface area contributed by atoms with Gasteiger partial charge in [-0.15, -0.1) is 0 Å². The third-order valence-corrected chi connectivity index (χ3v) is 5.43. The zero-order valence-corrected chi connectivity index (χ0v) is 20.0. The summed E-state index contributed by atoms with van der Waals surface area (Å²) in [5.41, 5.74) is 4.22. The lowest BCUT2D eigenvalue weighted by Gasteiger charge is -2.22. The van der Waals surface area contributed by atoms with Crippen LogP contribution in [0.2, 0.25) is 0 Å². The largest absolute Gasteiger partial charge is 0.333 e. The van der Waals surface area contributed by atoms with Crippen LogP contribution in [-0.4, -0.2) is 17.0 Å². The summed E-state index contributed by atoms with van der Waals surface area (Å²) in [6, 6.07) is 19.8. The predicted molar refractivity (Wildman–Crippen MR) is 138 cm³/mol. The highest BCUT2D eigenvalue weighted by molar-refractivity contribution is 5.93. The number of nitrogens with zero attached hydrogens (tertiary/aromatic N) is 4. The number of amides is 4. The molecule has 11 nitrogen and oxygen atoms in total. The second-order valence-electron chi connectivity index (χ2n) is 8.23. The van der Waals surface area contributed by atoms with E-state index >= 15 is 0 Å². The highest BCUT2D eigenvalue weighted by atomic mass is 16.3. The van der Waals surface area contributed by atoms with Gasteiger partial charge in [-0.25, -0.2) is 14.5 Å². The van der Waals surface area contributed by atoms with Gasteiger partial charge in [0.1, 0.15) is 19.6 Å². The summed E-state index contributed by atoms with van der Waals surface area (Å²) < 4.78 is 0. The Labute approximate surface area is 213 Å². The van der Waals surface area contributed by atoms with Gasteiger partial charge in [0.2, 0.25) is 0 Å². The van der Waals surface area contributed by atoms with Crippen molar-refractivity contribution in [2.75, 3.05) is 0 Å². The average molecular weight is 503 g/mol. The van der Waals surface area contributed by atoms with E-state index in [-0.39, 0.29) is 39.3 Å². The lowest BCUT2D eigenvalue weighted by atomic mass is 10.1.